The van der Waals surface area contributed by atoms with E-state index in [0.29, 0.717) is 5.41 Å². The van der Waals surface area contributed by atoms with Crippen molar-refractivity contribution in [1.82, 2.24) is 15.5 Å². The van der Waals surface area contributed by atoms with E-state index >= 15 is 0 Å². The molecule has 2 rings (SSSR count). The van der Waals surface area contributed by atoms with Crippen LogP contribution < -0.4 is 10.6 Å². The Balaban J connectivity index is 0.00000392. The maximum Gasteiger partial charge on any atom is 0.191 e. The molecule has 0 heterocycles. The van der Waals surface area contributed by atoms with Gasteiger partial charge in [-0.15, -0.1) is 24.0 Å². The highest BCUT2D eigenvalue weighted by atomic mass is 127. The topological polar surface area (TPSA) is 48.9 Å². The average molecular weight is 502 g/mol. The first-order valence-electron chi connectivity index (χ1n) is 10.4. The largest absolute Gasteiger partial charge is 0.385 e. The Hall–Kier alpha value is -0.860. The first-order valence-corrected chi connectivity index (χ1v) is 10.4. The Morgan fingerprint density at radius 1 is 1.21 bits per heavy atom. The zero-order valence-corrected chi connectivity index (χ0v) is 20.2. The van der Waals surface area contributed by atoms with Crippen molar-refractivity contribution in [2.75, 3.05) is 46.9 Å². The van der Waals surface area contributed by atoms with Crippen LogP contribution in [0.1, 0.15) is 44.6 Å². The zero-order valence-electron chi connectivity index (χ0n) is 17.9. The van der Waals surface area contributed by atoms with Crippen LogP contribution in [0.4, 0.5) is 0 Å². The number of ether oxygens (including phenoxy) is 1. The predicted molar refractivity (Wildman–Crippen MR) is 130 cm³/mol. The number of nitrogens with zero attached hydrogens (tertiary/aromatic N) is 2. The maximum absolute atomic E-state index is 5.29. The number of hydrogen-bond acceptors (Lipinski definition) is 3. The molecule has 160 valence electrons. The highest BCUT2D eigenvalue weighted by molar-refractivity contribution is 14.0. The van der Waals surface area contributed by atoms with Crippen LogP contribution in [0.15, 0.2) is 35.3 Å². The van der Waals surface area contributed by atoms with E-state index in [0.717, 1.165) is 58.1 Å². The summed E-state index contributed by atoms with van der Waals surface area (Å²) >= 11 is 0. The normalized spacial score (nSPS) is 15.6. The standard InChI is InChI=1S/C22H38N4O.HI/c1-4-23-21(25-19-22(12-8-13-22)14-17-27-3)24-15-9-16-26(2)18-20-10-6-5-7-11-20;/h5-7,10-11H,4,8-9,12-19H2,1-3H3,(H2,23,24,25);1H. The van der Waals surface area contributed by atoms with E-state index in [2.05, 4.69) is 59.8 Å². The van der Waals surface area contributed by atoms with Crippen molar-refractivity contribution < 1.29 is 4.74 Å². The van der Waals surface area contributed by atoms with Gasteiger partial charge in [0.15, 0.2) is 5.96 Å². The molecule has 0 spiro atoms. The van der Waals surface area contributed by atoms with E-state index in [4.69, 9.17) is 9.73 Å². The second-order valence-corrected chi connectivity index (χ2v) is 7.80. The van der Waals surface area contributed by atoms with Crippen molar-refractivity contribution in [3.05, 3.63) is 35.9 Å². The molecule has 0 radical (unpaired) electrons. The summed E-state index contributed by atoms with van der Waals surface area (Å²) in [5.41, 5.74) is 1.73. The van der Waals surface area contributed by atoms with Crippen molar-refractivity contribution in [2.45, 2.75) is 45.6 Å². The summed E-state index contributed by atoms with van der Waals surface area (Å²) in [5, 5.41) is 6.88. The van der Waals surface area contributed by atoms with Crippen LogP contribution in [0.2, 0.25) is 0 Å². The molecular formula is C22H39IN4O. The molecule has 1 aromatic carbocycles. The predicted octanol–water partition coefficient (Wildman–Crippen LogP) is 3.89. The van der Waals surface area contributed by atoms with Crippen LogP contribution in [0, 0.1) is 5.41 Å². The minimum absolute atomic E-state index is 0. The minimum Gasteiger partial charge on any atom is -0.385 e. The van der Waals surface area contributed by atoms with Crippen molar-refractivity contribution in [1.29, 1.82) is 0 Å². The van der Waals surface area contributed by atoms with Crippen LogP contribution in [0.5, 0.6) is 0 Å². The third kappa shape index (κ3) is 9.09. The first kappa shape index (κ1) is 25.2. The fraction of sp³-hybridized carbons (Fsp3) is 0.682. The summed E-state index contributed by atoms with van der Waals surface area (Å²) in [4.78, 5) is 7.24. The lowest BCUT2D eigenvalue weighted by atomic mass is 9.67. The van der Waals surface area contributed by atoms with Crippen LogP contribution in [0.25, 0.3) is 0 Å². The summed E-state index contributed by atoms with van der Waals surface area (Å²) in [6.45, 7) is 7.76. The summed E-state index contributed by atoms with van der Waals surface area (Å²) in [5.74, 6) is 0.951. The Morgan fingerprint density at radius 2 is 1.96 bits per heavy atom. The van der Waals surface area contributed by atoms with Crippen molar-refractivity contribution >= 4 is 29.9 Å². The third-order valence-electron chi connectivity index (χ3n) is 5.47. The van der Waals surface area contributed by atoms with Crippen LogP contribution in [0.3, 0.4) is 0 Å². The van der Waals surface area contributed by atoms with Gasteiger partial charge in [-0.05, 0) is 57.2 Å². The molecule has 0 aromatic heterocycles. The molecule has 6 heteroatoms. The van der Waals surface area contributed by atoms with Gasteiger partial charge in [-0.3, -0.25) is 4.99 Å². The SMILES string of the molecule is CCNC(=NCC1(CCOC)CCC1)NCCCN(C)Cc1ccccc1.I. The Morgan fingerprint density at radius 3 is 2.57 bits per heavy atom. The van der Waals surface area contributed by atoms with E-state index in [9.17, 15) is 0 Å². The average Bonchev–Trinajstić information content (AvgIpc) is 2.64. The Kier molecular flexibility index (Phi) is 12.7. The number of rotatable bonds is 12. The van der Waals surface area contributed by atoms with E-state index in [1.807, 2.05) is 0 Å². The summed E-state index contributed by atoms with van der Waals surface area (Å²) in [6.07, 6.45) is 6.11. The second-order valence-electron chi connectivity index (χ2n) is 7.80. The summed E-state index contributed by atoms with van der Waals surface area (Å²) in [6, 6.07) is 10.6. The molecule has 28 heavy (non-hydrogen) atoms. The van der Waals surface area contributed by atoms with Crippen molar-refractivity contribution in [2.24, 2.45) is 10.4 Å². The van der Waals surface area contributed by atoms with Gasteiger partial charge in [-0.2, -0.15) is 0 Å². The van der Waals surface area contributed by atoms with E-state index < -0.39 is 0 Å². The summed E-state index contributed by atoms with van der Waals surface area (Å²) < 4.78 is 5.29. The van der Waals surface area contributed by atoms with Crippen LogP contribution >= 0.6 is 24.0 Å². The Bertz CT molecular complexity index is 549. The highest BCUT2D eigenvalue weighted by Gasteiger charge is 2.36. The van der Waals surface area contributed by atoms with Gasteiger partial charge in [0.25, 0.3) is 0 Å². The van der Waals surface area contributed by atoms with Gasteiger partial charge in [0.1, 0.15) is 0 Å². The zero-order chi connectivity index (χ0) is 19.4. The fourth-order valence-corrected chi connectivity index (χ4v) is 3.60. The number of methoxy groups -OCH3 is 1. The van der Waals surface area contributed by atoms with Crippen LogP contribution in [-0.4, -0.2) is 57.8 Å². The van der Waals surface area contributed by atoms with Gasteiger partial charge >= 0.3 is 0 Å². The van der Waals surface area contributed by atoms with Gasteiger partial charge in [0.2, 0.25) is 0 Å². The number of benzene rings is 1. The van der Waals surface area contributed by atoms with E-state index in [-0.39, 0.29) is 24.0 Å². The molecule has 0 amide bonds. The highest BCUT2D eigenvalue weighted by Crippen LogP contribution is 2.44. The molecule has 0 aliphatic heterocycles. The van der Waals surface area contributed by atoms with Gasteiger partial charge in [-0.1, -0.05) is 36.8 Å². The van der Waals surface area contributed by atoms with Crippen LogP contribution in [-0.2, 0) is 11.3 Å². The molecule has 1 fully saturated rings. The monoisotopic (exact) mass is 502 g/mol. The number of hydrogen-bond donors (Lipinski definition) is 2. The number of halogens is 1. The maximum atomic E-state index is 5.29. The molecule has 1 aliphatic carbocycles. The minimum atomic E-state index is 0. The van der Waals surface area contributed by atoms with Crippen molar-refractivity contribution in [3.8, 4) is 0 Å². The molecule has 0 saturated heterocycles. The first-order chi connectivity index (χ1) is 13.2. The molecule has 0 bridgehead atoms. The third-order valence-corrected chi connectivity index (χ3v) is 5.47. The quantitative estimate of drug-likeness (QED) is 0.197. The van der Waals surface area contributed by atoms with Gasteiger partial charge in [0.05, 0.1) is 0 Å². The fourth-order valence-electron chi connectivity index (χ4n) is 3.60. The van der Waals surface area contributed by atoms with Gasteiger partial charge in [0, 0.05) is 39.9 Å². The van der Waals surface area contributed by atoms with Gasteiger partial charge < -0.3 is 20.3 Å². The molecule has 1 aliphatic rings. The molecule has 1 aromatic rings. The molecular weight excluding hydrogens is 463 g/mol. The van der Waals surface area contributed by atoms with E-state index in [1.165, 1.54) is 24.8 Å². The Labute approximate surface area is 188 Å². The molecule has 5 nitrogen and oxygen atoms in total. The van der Waals surface area contributed by atoms with Crippen molar-refractivity contribution in [3.63, 3.8) is 0 Å². The van der Waals surface area contributed by atoms with E-state index in [1.54, 1.807) is 7.11 Å². The number of nitrogens with one attached hydrogen (secondary N) is 2. The van der Waals surface area contributed by atoms with Gasteiger partial charge in [-0.25, -0.2) is 0 Å². The smallest absolute Gasteiger partial charge is 0.191 e. The lowest BCUT2D eigenvalue weighted by Crippen LogP contribution is -2.41. The second kappa shape index (κ2) is 14.2. The lowest BCUT2D eigenvalue weighted by Gasteiger charge is -2.40. The summed E-state index contributed by atoms with van der Waals surface area (Å²) in [7, 11) is 3.97. The molecule has 1 saturated carbocycles. The molecule has 0 unspecified atom stereocenters. The number of aliphatic imine (C=N–C) groups is 1. The molecule has 2 N–H and O–H groups in total. The lowest BCUT2D eigenvalue weighted by molar-refractivity contribution is 0.0778. The number of guanidine groups is 1. The molecule has 0 atom stereocenters.